The van der Waals surface area contributed by atoms with Gasteiger partial charge in [0.05, 0.1) is 6.10 Å². The van der Waals surface area contributed by atoms with Gasteiger partial charge in [0.1, 0.15) is 0 Å². The van der Waals surface area contributed by atoms with Gasteiger partial charge in [-0.1, -0.05) is 52.0 Å². The minimum Gasteiger partial charge on any atom is -0.478 e. The summed E-state index contributed by atoms with van der Waals surface area (Å²) in [6, 6.07) is 0. The molecule has 0 spiro atoms. The van der Waals surface area contributed by atoms with Gasteiger partial charge in [0.25, 0.3) is 0 Å². The van der Waals surface area contributed by atoms with Crippen LogP contribution in [0.4, 0.5) is 0 Å². The van der Waals surface area contributed by atoms with Gasteiger partial charge in [0, 0.05) is 5.57 Å². The first kappa shape index (κ1) is 16.2. The molecule has 1 unspecified atom stereocenters. The Bertz CT molecular complexity index is 224. The third kappa shape index (κ3) is 10.1. The maximum Gasteiger partial charge on any atom is 0.330 e. The minimum atomic E-state index is -0.961. The lowest BCUT2D eigenvalue weighted by Gasteiger charge is -2.10. The van der Waals surface area contributed by atoms with Gasteiger partial charge in [-0.15, -0.1) is 0 Å². The molecule has 0 saturated heterocycles. The molecule has 0 aromatic rings. The smallest absolute Gasteiger partial charge is 0.330 e. The summed E-state index contributed by atoms with van der Waals surface area (Å²) < 4.78 is 0. The van der Waals surface area contributed by atoms with Crippen LogP contribution in [0, 0.1) is 0 Å². The average molecular weight is 242 g/mol. The van der Waals surface area contributed by atoms with Crippen LogP contribution in [-0.2, 0) is 4.79 Å². The summed E-state index contributed by atoms with van der Waals surface area (Å²) in [6.45, 7) is 5.64. The van der Waals surface area contributed by atoms with Crippen molar-refractivity contribution in [1.29, 1.82) is 0 Å². The Morgan fingerprint density at radius 1 is 1.12 bits per heavy atom. The van der Waals surface area contributed by atoms with Crippen LogP contribution in [0.25, 0.3) is 0 Å². The molecule has 0 aliphatic carbocycles. The van der Waals surface area contributed by atoms with Crippen molar-refractivity contribution < 1.29 is 15.0 Å². The molecule has 0 saturated carbocycles. The number of aliphatic carboxylic acids is 1. The fourth-order valence-corrected chi connectivity index (χ4v) is 1.75. The van der Waals surface area contributed by atoms with E-state index in [4.69, 9.17) is 5.11 Å². The molecule has 100 valence electrons. The first-order valence-electron chi connectivity index (χ1n) is 6.67. The van der Waals surface area contributed by atoms with E-state index < -0.39 is 5.97 Å². The lowest BCUT2D eigenvalue weighted by Crippen LogP contribution is -2.08. The Morgan fingerprint density at radius 3 is 2.29 bits per heavy atom. The van der Waals surface area contributed by atoms with E-state index in [1.807, 2.05) is 0 Å². The fraction of sp³-hybridized carbons (Fsp3) is 0.786. The van der Waals surface area contributed by atoms with Gasteiger partial charge in [-0.25, -0.2) is 4.79 Å². The van der Waals surface area contributed by atoms with Crippen LogP contribution in [0.5, 0.6) is 0 Å². The molecule has 0 aromatic heterocycles. The number of hydrogen-bond acceptors (Lipinski definition) is 2. The summed E-state index contributed by atoms with van der Waals surface area (Å²) in [5.41, 5.74) is 0.187. The highest BCUT2D eigenvalue weighted by molar-refractivity contribution is 5.85. The van der Waals surface area contributed by atoms with Crippen molar-refractivity contribution in [3.63, 3.8) is 0 Å². The molecule has 0 heterocycles. The Kier molecular flexibility index (Phi) is 9.83. The van der Waals surface area contributed by atoms with Crippen molar-refractivity contribution in [3.05, 3.63) is 12.2 Å². The molecule has 1 atom stereocenters. The number of rotatable bonds is 11. The SMILES string of the molecule is C=C(CCC(O)CCCCCCCC)C(=O)O. The van der Waals surface area contributed by atoms with Crippen molar-refractivity contribution in [2.75, 3.05) is 0 Å². The first-order valence-corrected chi connectivity index (χ1v) is 6.67. The highest BCUT2D eigenvalue weighted by atomic mass is 16.4. The van der Waals surface area contributed by atoms with E-state index >= 15 is 0 Å². The molecule has 0 aliphatic heterocycles. The largest absolute Gasteiger partial charge is 0.478 e. The molecule has 0 aromatic carbocycles. The van der Waals surface area contributed by atoms with Gasteiger partial charge in [-0.3, -0.25) is 0 Å². The van der Waals surface area contributed by atoms with Crippen LogP contribution in [0.2, 0.25) is 0 Å². The molecule has 0 rings (SSSR count). The molecule has 0 radical (unpaired) electrons. The molecular weight excluding hydrogens is 216 g/mol. The van der Waals surface area contributed by atoms with Crippen molar-refractivity contribution in [2.24, 2.45) is 0 Å². The summed E-state index contributed by atoms with van der Waals surface area (Å²) >= 11 is 0. The van der Waals surface area contributed by atoms with Crippen molar-refractivity contribution in [3.8, 4) is 0 Å². The summed E-state index contributed by atoms with van der Waals surface area (Å²) in [5, 5.41) is 18.3. The van der Waals surface area contributed by atoms with Crippen LogP contribution in [-0.4, -0.2) is 22.3 Å². The van der Waals surface area contributed by atoms with Crippen molar-refractivity contribution in [1.82, 2.24) is 0 Å². The molecule has 0 amide bonds. The van der Waals surface area contributed by atoms with Crippen LogP contribution in [0.1, 0.15) is 64.7 Å². The zero-order valence-corrected chi connectivity index (χ0v) is 11.0. The van der Waals surface area contributed by atoms with E-state index in [0.717, 1.165) is 19.3 Å². The number of carboxylic acid groups (broad SMARTS) is 1. The lowest BCUT2D eigenvalue weighted by atomic mass is 10.0. The second kappa shape index (κ2) is 10.3. The number of aliphatic hydroxyl groups excluding tert-OH is 1. The number of carboxylic acids is 1. The van der Waals surface area contributed by atoms with Gasteiger partial charge in [-0.2, -0.15) is 0 Å². The van der Waals surface area contributed by atoms with Gasteiger partial charge >= 0.3 is 5.97 Å². The normalized spacial score (nSPS) is 12.4. The minimum absolute atomic E-state index is 0.187. The third-order valence-corrected chi connectivity index (χ3v) is 2.97. The van der Waals surface area contributed by atoms with E-state index in [1.165, 1.54) is 25.7 Å². The molecule has 0 bridgehead atoms. The number of carbonyl (C=O) groups is 1. The number of hydrogen-bond donors (Lipinski definition) is 2. The summed E-state index contributed by atoms with van der Waals surface area (Å²) in [5.74, 6) is -0.961. The predicted molar refractivity (Wildman–Crippen MR) is 70.0 cm³/mol. The second-order valence-corrected chi connectivity index (χ2v) is 4.66. The second-order valence-electron chi connectivity index (χ2n) is 4.66. The van der Waals surface area contributed by atoms with Crippen LogP contribution in [0.15, 0.2) is 12.2 Å². The topological polar surface area (TPSA) is 57.5 Å². The summed E-state index contributed by atoms with van der Waals surface area (Å²) in [7, 11) is 0. The molecule has 0 aliphatic rings. The van der Waals surface area contributed by atoms with Crippen LogP contribution < -0.4 is 0 Å². The molecular formula is C14H26O3. The Labute approximate surface area is 105 Å². The van der Waals surface area contributed by atoms with Crippen LogP contribution in [0.3, 0.4) is 0 Å². The van der Waals surface area contributed by atoms with Gasteiger partial charge in [-0.05, 0) is 19.3 Å². The molecule has 17 heavy (non-hydrogen) atoms. The standard InChI is InChI=1S/C14H26O3/c1-3-4-5-6-7-8-9-13(15)11-10-12(2)14(16)17/h13,15H,2-11H2,1H3,(H,16,17). The van der Waals surface area contributed by atoms with E-state index in [9.17, 15) is 9.90 Å². The first-order chi connectivity index (χ1) is 8.07. The van der Waals surface area contributed by atoms with Gasteiger partial charge < -0.3 is 10.2 Å². The zero-order valence-electron chi connectivity index (χ0n) is 11.0. The fourth-order valence-electron chi connectivity index (χ4n) is 1.75. The lowest BCUT2D eigenvalue weighted by molar-refractivity contribution is -0.132. The Balaban J connectivity index is 3.37. The predicted octanol–water partition coefficient (Wildman–Crippen LogP) is 3.52. The maximum atomic E-state index is 10.5. The number of unbranched alkanes of at least 4 members (excludes halogenated alkanes) is 5. The molecule has 3 heteroatoms. The highest BCUT2D eigenvalue weighted by Crippen LogP contribution is 2.13. The van der Waals surface area contributed by atoms with E-state index in [0.29, 0.717) is 12.8 Å². The van der Waals surface area contributed by atoms with Crippen molar-refractivity contribution in [2.45, 2.75) is 70.8 Å². The van der Waals surface area contributed by atoms with Gasteiger partial charge in [0.15, 0.2) is 0 Å². The molecule has 2 N–H and O–H groups in total. The average Bonchev–Trinajstić information content (AvgIpc) is 2.30. The summed E-state index contributed by atoms with van der Waals surface area (Å²) in [6.07, 6.45) is 8.55. The van der Waals surface area contributed by atoms with Crippen molar-refractivity contribution >= 4 is 5.97 Å². The number of aliphatic hydroxyl groups is 1. The Hall–Kier alpha value is -0.830. The van der Waals surface area contributed by atoms with Crippen LogP contribution >= 0.6 is 0 Å². The van der Waals surface area contributed by atoms with Gasteiger partial charge in [0.2, 0.25) is 0 Å². The molecule has 0 fully saturated rings. The maximum absolute atomic E-state index is 10.5. The quantitative estimate of drug-likeness (QED) is 0.430. The molecule has 3 nitrogen and oxygen atoms in total. The highest BCUT2D eigenvalue weighted by Gasteiger charge is 2.08. The monoisotopic (exact) mass is 242 g/mol. The summed E-state index contributed by atoms with van der Waals surface area (Å²) in [4.78, 5) is 10.5. The third-order valence-electron chi connectivity index (χ3n) is 2.97. The zero-order chi connectivity index (χ0) is 13.1. The van der Waals surface area contributed by atoms with E-state index in [2.05, 4.69) is 13.5 Å². The Morgan fingerprint density at radius 2 is 1.71 bits per heavy atom. The van der Waals surface area contributed by atoms with E-state index in [-0.39, 0.29) is 11.7 Å². The van der Waals surface area contributed by atoms with E-state index in [1.54, 1.807) is 0 Å².